The Bertz CT molecular complexity index is 354. The fraction of sp³-hybridized carbons (Fsp3) is 0.357. The molecule has 0 fully saturated rings. The molecule has 0 N–H and O–H groups in total. The van der Waals surface area contributed by atoms with Crippen molar-refractivity contribution in [3.05, 3.63) is 47.6 Å². The summed E-state index contributed by atoms with van der Waals surface area (Å²) in [7, 11) is 0. The predicted octanol–water partition coefficient (Wildman–Crippen LogP) is 3.74. The second kappa shape index (κ2) is 5.50. The quantitative estimate of drug-likeness (QED) is 0.635. The van der Waals surface area contributed by atoms with Gasteiger partial charge in [-0.05, 0) is 49.5 Å². The molecule has 1 aliphatic carbocycles. The van der Waals surface area contributed by atoms with Gasteiger partial charge in [0.25, 0.3) is 0 Å². The van der Waals surface area contributed by atoms with Crippen molar-refractivity contribution in [1.82, 2.24) is 0 Å². The van der Waals surface area contributed by atoms with E-state index in [4.69, 9.17) is 0 Å². The summed E-state index contributed by atoms with van der Waals surface area (Å²) in [6.45, 7) is 7.59. The van der Waals surface area contributed by atoms with Crippen molar-refractivity contribution in [3.8, 4) is 0 Å². The highest BCUT2D eigenvalue weighted by Gasteiger charge is 2.11. The number of carbonyl (C=O) groups is 1. The molecule has 1 rings (SSSR count). The maximum Gasteiger partial charge on any atom is 0.159 e. The van der Waals surface area contributed by atoms with Crippen LogP contribution in [0.5, 0.6) is 0 Å². The van der Waals surface area contributed by atoms with E-state index in [0.717, 1.165) is 18.4 Å². The lowest BCUT2D eigenvalue weighted by Gasteiger charge is -2.15. The summed E-state index contributed by atoms with van der Waals surface area (Å²) >= 11 is 0. The monoisotopic (exact) mass is 202 g/mol. The van der Waals surface area contributed by atoms with Crippen LogP contribution < -0.4 is 0 Å². The number of ketones is 1. The topological polar surface area (TPSA) is 17.1 Å². The van der Waals surface area contributed by atoms with Gasteiger partial charge in [0.1, 0.15) is 0 Å². The van der Waals surface area contributed by atoms with Gasteiger partial charge in [0.15, 0.2) is 5.78 Å². The van der Waals surface area contributed by atoms with Crippen LogP contribution in [0.1, 0.15) is 33.1 Å². The lowest BCUT2D eigenvalue weighted by molar-refractivity contribution is -0.113. The Labute approximate surface area is 91.9 Å². The second-order valence-electron chi connectivity index (χ2n) is 3.74. The first kappa shape index (κ1) is 11.7. The molecule has 1 nitrogen and oxygen atoms in total. The third kappa shape index (κ3) is 3.05. The van der Waals surface area contributed by atoms with E-state index in [1.165, 1.54) is 17.2 Å². The molecule has 0 bridgehead atoms. The highest BCUT2D eigenvalue weighted by molar-refractivity contribution is 5.91. The average molecular weight is 202 g/mol. The highest BCUT2D eigenvalue weighted by Crippen LogP contribution is 2.27. The van der Waals surface area contributed by atoms with E-state index in [0.29, 0.717) is 6.42 Å². The zero-order valence-corrected chi connectivity index (χ0v) is 9.55. The summed E-state index contributed by atoms with van der Waals surface area (Å²) in [5.41, 5.74) is 3.64. The minimum Gasteiger partial charge on any atom is -0.295 e. The summed E-state index contributed by atoms with van der Waals surface area (Å²) in [6.07, 6.45) is 10.5. The molecule has 0 radical (unpaired) electrons. The Morgan fingerprint density at radius 3 is 2.67 bits per heavy atom. The zero-order chi connectivity index (χ0) is 11.3. The van der Waals surface area contributed by atoms with E-state index in [1.54, 1.807) is 0 Å². The van der Waals surface area contributed by atoms with Gasteiger partial charge in [-0.25, -0.2) is 0 Å². The smallest absolute Gasteiger partial charge is 0.159 e. The Hall–Kier alpha value is -1.37. The van der Waals surface area contributed by atoms with Crippen molar-refractivity contribution in [2.24, 2.45) is 0 Å². The molecule has 0 saturated heterocycles. The van der Waals surface area contributed by atoms with Crippen LogP contribution in [0.3, 0.4) is 0 Å². The van der Waals surface area contributed by atoms with Crippen LogP contribution >= 0.6 is 0 Å². The molecule has 1 heteroatoms. The standard InChI is InChI=1S/C14H18O/c1-4-12(10-13(15)5-2)14-9-7-6-8-11(14)3/h4-5,8-9H,2,6-7,10H2,1,3H3/b12-4-. The molecule has 80 valence electrons. The van der Waals surface area contributed by atoms with Gasteiger partial charge in [-0.1, -0.05) is 24.8 Å². The first-order chi connectivity index (χ1) is 7.19. The number of hydrogen-bond acceptors (Lipinski definition) is 1. The summed E-state index contributed by atoms with van der Waals surface area (Å²) in [4.78, 5) is 11.3. The Kier molecular flexibility index (Phi) is 4.29. The van der Waals surface area contributed by atoms with Gasteiger partial charge in [0, 0.05) is 6.42 Å². The van der Waals surface area contributed by atoms with Crippen molar-refractivity contribution in [2.75, 3.05) is 0 Å². The van der Waals surface area contributed by atoms with E-state index in [1.807, 2.05) is 13.0 Å². The molecule has 0 atom stereocenters. The van der Waals surface area contributed by atoms with Crippen molar-refractivity contribution >= 4 is 5.78 Å². The van der Waals surface area contributed by atoms with Gasteiger partial charge in [-0.15, -0.1) is 0 Å². The molecule has 15 heavy (non-hydrogen) atoms. The molecule has 0 unspecified atom stereocenters. The fourth-order valence-electron chi connectivity index (χ4n) is 1.80. The second-order valence-corrected chi connectivity index (χ2v) is 3.74. The number of carbonyl (C=O) groups excluding carboxylic acids is 1. The average Bonchev–Trinajstić information content (AvgIpc) is 2.26. The molecular weight excluding hydrogens is 184 g/mol. The Morgan fingerprint density at radius 2 is 2.13 bits per heavy atom. The fourth-order valence-corrected chi connectivity index (χ4v) is 1.80. The first-order valence-corrected chi connectivity index (χ1v) is 5.37. The van der Waals surface area contributed by atoms with Crippen molar-refractivity contribution in [1.29, 1.82) is 0 Å². The minimum absolute atomic E-state index is 0.0855. The normalized spacial score (nSPS) is 16.8. The van der Waals surface area contributed by atoms with Gasteiger partial charge < -0.3 is 0 Å². The van der Waals surface area contributed by atoms with Crippen molar-refractivity contribution < 1.29 is 4.79 Å². The predicted molar refractivity (Wildman–Crippen MR) is 64.7 cm³/mol. The van der Waals surface area contributed by atoms with Crippen molar-refractivity contribution in [2.45, 2.75) is 33.1 Å². The van der Waals surface area contributed by atoms with Crippen LogP contribution in [0.2, 0.25) is 0 Å². The minimum atomic E-state index is 0.0855. The van der Waals surface area contributed by atoms with Crippen LogP contribution in [0, 0.1) is 0 Å². The van der Waals surface area contributed by atoms with E-state index in [-0.39, 0.29) is 5.78 Å². The van der Waals surface area contributed by atoms with Gasteiger partial charge in [-0.2, -0.15) is 0 Å². The molecule has 0 amide bonds. The van der Waals surface area contributed by atoms with Gasteiger partial charge in [-0.3, -0.25) is 4.79 Å². The van der Waals surface area contributed by atoms with Crippen LogP contribution in [-0.2, 0) is 4.79 Å². The first-order valence-electron chi connectivity index (χ1n) is 5.37. The number of allylic oxidation sites excluding steroid dienone is 7. The highest BCUT2D eigenvalue weighted by atomic mass is 16.1. The van der Waals surface area contributed by atoms with Gasteiger partial charge >= 0.3 is 0 Å². The Morgan fingerprint density at radius 1 is 1.47 bits per heavy atom. The van der Waals surface area contributed by atoms with E-state index in [9.17, 15) is 4.79 Å². The number of rotatable bonds is 4. The lowest BCUT2D eigenvalue weighted by Crippen LogP contribution is -2.01. The molecule has 0 aromatic heterocycles. The van der Waals surface area contributed by atoms with Crippen LogP contribution in [0.15, 0.2) is 47.6 Å². The summed E-state index contributed by atoms with van der Waals surface area (Å²) in [6, 6.07) is 0. The molecule has 0 saturated carbocycles. The van der Waals surface area contributed by atoms with Crippen LogP contribution in [0.25, 0.3) is 0 Å². The van der Waals surface area contributed by atoms with E-state index < -0.39 is 0 Å². The van der Waals surface area contributed by atoms with Crippen LogP contribution in [-0.4, -0.2) is 5.78 Å². The molecule has 0 aromatic carbocycles. The largest absolute Gasteiger partial charge is 0.295 e. The summed E-state index contributed by atoms with van der Waals surface area (Å²) in [5.74, 6) is 0.0855. The molecular formula is C14H18O. The summed E-state index contributed by atoms with van der Waals surface area (Å²) < 4.78 is 0. The van der Waals surface area contributed by atoms with Crippen LogP contribution in [0.4, 0.5) is 0 Å². The maximum atomic E-state index is 11.3. The maximum absolute atomic E-state index is 11.3. The molecule has 0 aromatic rings. The summed E-state index contributed by atoms with van der Waals surface area (Å²) in [5, 5.41) is 0. The van der Waals surface area contributed by atoms with Gasteiger partial charge in [0.05, 0.1) is 0 Å². The molecule has 0 aliphatic heterocycles. The van der Waals surface area contributed by atoms with E-state index >= 15 is 0 Å². The van der Waals surface area contributed by atoms with E-state index in [2.05, 4.69) is 25.7 Å². The zero-order valence-electron chi connectivity index (χ0n) is 9.55. The molecule has 1 aliphatic rings. The third-order valence-electron chi connectivity index (χ3n) is 2.68. The molecule has 0 heterocycles. The molecule has 0 spiro atoms. The third-order valence-corrected chi connectivity index (χ3v) is 2.68. The Balaban J connectivity index is 2.84. The van der Waals surface area contributed by atoms with Gasteiger partial charge in [0.2, 0.25) is 0 Å². The van der Waals surface area contributed by atoms with Crippen molar-refractivity contribution in [3.63, 3.8) is 0 Å². The SMILES string of the molecule is C=CC(=O)C/C(=C/C)C1=CCCC=C1C. The lowest BCUT2D eigenvalue weighted by atomic mass is 9.90. The number of hydrogen-bond donors (Lipinski definition) is 0.